The van der Waals surface area contributed by atoms with Crippen molar-refractivity contribution in [1.82, 2.24) is 10.6 Å². The van der Waals surface area contributed by atoms with Crippen molar-refractivity contribution >= 4 is 29.3 Å². The minimum Gasteiger partial charge on any atom is -0.383 e. The quantitative estimate of drug-likeness (QED) is 0.539. The van der Waals surface area contributed by atoms with E-state index in [1.807, 2.05) is 24.3 Å². The average molecular weight is 303 g/mol. The molecule has 1 aromatic carbocycles. The molecular formula is C13H19ClN2O2S. The SMILES string of the molecule is COCCNCC(=O)NCCSc1ccc(Cl)cc1. The van der Waals surface area contributed by atoms with Crippen LogP contribution in [0.3, 0.4) is 0 Å². The Balaban J connectivity index is 2.03. The minimum absolute atomic E-state index is 0.00723. The van der Waals surface area contributed by atoms with Crippen molar-refractivity contribution in [3.63, 3.8) is 0 Å². The molecule has 0 radical (unpaired) electrons. The van der Waals surface area contributed by atoms with Crippen LogP contribution in [0, 0.1) is 0 Å². The third-order valence-electron chi connectivity index (χ3n) is 2.28. The summed E-state index contributed by atoms with van der Waals surface area (Å²) in [6.45, 7) is 2.27. The lowest BCUT2D eigenvalue weighted by atomic mass is 10.4. The Morgan fingerprint density at radius 1 is 1.32 bits per heavy atom. The van der Waals surface area contributed by atoms with Gasteiger partial charge in [0.05, 0.1) is 13.2 Å². The van der Waals surface area contributed by atoms with Crippen molar-refractivity contribution in [2.24, 2.45) is 0 Å². The molecule has 0 saturated heterocycles. The van der Waals surface area contributed by atoms with Gasteiger partial charge >= 0.3 is 0 Å². The van der Waals surface area contributed by atoms with Crippen molar-refractivity contribution in [3.05, 3.63) is 29.3 Å². The molecule has 1 aromatic rings. The number of ether oxygens (including phenoxy) is 1. The summed E-state index contributed by atoms with van der Waals surface area (Å²) in [6.07, 6.45) is 0. The van der Waals surface area contributed by atoms with Crippen LogP contribution in [0.25, 0.3) is 0 Å². The van der Waals surface area contributed by atoms with Crippen LogP contribution in [-0.2, 0) is 9.53 Å². The number of halogens is 1. The summed E-state index contributed by atoms with van der Waals surface area (Å²) in [6, 6.07) is 7.67. The lowest BCUT2D eigenvalue weighted by Crippen LogP contribution is -2.36. The predicted molar refractivity (Wildman–Crippen MR) is 79.9 cm³/mol. The van der Waals surface area contributed by atoms with Crippen LogP contribution in [0.5, 0.6) is 0 Å². The lowest BCUT2D eigenvalue weighted by Gasteiger charge is -2.06. The second-order valence-corrected chi connectivity index (χ2v) is 5.43. The third kappa shape index (κ3) is 8.10. The highest BCUT2D eigenvalue weighted by molar-refractivity contribution is 7.99. The molecule has 0 fully saturated rings. The summed E-state index contributed by atoms with van der Waals surface area (Å²) in [5.41, 5.74) is 0. The van der Waals surface area contributed by atoms with Gasteiger partial charge in [0.15, 0.2) is 0 Å². The van der Waals surface area contributed by atoms with Gasteiger partial charge in [0.25, 0.3) is 0 Å². The fourth-order valence-electron chi connectivity index (χ4n) is 1.33. The summed E-state index contributed by atoms with van der Waals surface area (Å²) in [4.78, 5) is 12.6. The molecule has 0 heterocycles. The van der Waals surface area contributed by atoms with Gasteiger partial charge in [-0.2, -0.15) is 0 Å². The Labute approximate surface area is 123 Å². The number of thioether (sulfide) groups is 1. The Bertz CT molecular complexity index is 373. The molecule has 1 amide bonds. The Kier molecular flexibility index (Phi) is 8.66. The van der Waals surface area contributed by atoms with Crippen molar-refractivity contribution < 1.29 is 9.53 Å². The molecule has 0 spiro atoms. The predicted octanol–water partition coefficient (Wildman–Crippen LogP) is 1.78. The molecule has 6 heteroatoms. The van der Waals surface area contributed by atoms with Crippen LogP contribution in [0.2, 0.25) is 5.02 Å². The molecule has 0 aliphatic carbocycles. The number of carbonyl (C=O) groups is 1. The van der Waals surface area contributed by atoms with Crippen LogP contribution >= 0.6 is 23.4 Å². The zero-order chi connectivity index (χ0) is 13.9. The maximum atomic E-state index is 11.4. The van der Waals surface area contributed by atoms with E-state index in [4.69, 9.17) is 16.3 Å². The van der Waals surface area contributed by atoms with Gasteiger partial charge in [-0.1, -0.05) is 11.6 Å². The Morgan fingerprint density at radius 3 is 2.74 bits per heavy atom. The first-order valence-electron chi connectivity index (χ1n) is 6.07. The Morgan fingerprint density at radius 2 is 2.05 bits per heavy atom. The zero-order valence-corrected chi connectivity index (χ0v) is 12.5. The van der Waals surface area contributed by atoms with Gasteiger partial charge < -0.3 is 15.4 Å². The highest BCUT2D eigenvalue weighted by atomic mass is 35.5. The molecule has 0 aliphatic rings. The standard InChI is InChI=1S/C13H19ClN2O2S/c1-18-8-6-15-10-13(17)16-7-9-19-12-4-2-11(14)3-5-12/h2-5,15H,6-10H2,1H3,(H,16,17). The van der Waals surface area contributed by atoms with Crippen molar-refractivity contribution in [2.45, 2.75) is 4.90 Å². The number of rotatable bonds is 9. The summed E-state index contributed by atoms with van der Waals surface area (Å²) >= 11 is 7.49. The molecule has 0 aliphatic heterocycles. The molecule has 106 valence electrons. The molecule has 19 heavy (non-hydrogen) atoms. The zero-order valence-electron chi connectivity index (χ0n) is 10.9. The summed E-state index contributed by atoms with van der Waals surface area (Å²) in [5.74, 6) is 0.846. The minimum atomic E-state index is 0.00723. The van der Waals surface area contributed by atoms with Crippen LogP contribution < -0.4 is 10.6 Å². The molecule has 2 N–H and O–H groups in total. The highest BCUT2D eigenvalue weighted by Gasteiger charge is 2.00. The van der Waals surface area contributed by atoms with Crippen molar-refractivity contribution in [3.8, 4) is 0 Å². The van der Waals surface area contributed by atoms with Gasteiger partial charge in [-0.05, 0) is 24.3 Å². The van der Waals surface area contributed by atoms with Gasteiger partial charge in [0, 0.05) is 35.9 Å². The molecule has 1 rings (SSSR count). The maximum absolute atomic E-state index is 11.4. The summed E-state index contributed by atoms with van der Waals surface area (Å²) in [5, 5.41) is 6.58. The maximum Gasteiger partial charge on any atom is 0.233 e. The Hall–Kier alpha value is -0.750. The van der Waals surface area contributed by atoms with E-state index in [0.29, 0.717) is 26.2 Å². The van der Waals surface area contributed by atoms with E-state index in [0.717, 1.165) is 15.7 Å². The smallest absolute Gasteiger partial charge is 0.233 e. The van der Waals surface area contributed by atoms with Crippen LogP contribution in [0.15, 0.2) is 29.2 Å². The second-order valence-electron chi connectivity index (χ2n) is 3.82. The molecule has 0 saturated carbocycles. The number of benzene rings is 1. The highest BCUT2D eigenvalue weighted by Crippen LogP contribution is 2.19. The van der Waals surface area contributed by atoms with Gasteiger partial charge in [0.2, 0.25) is 5.91 Å². The molecular weight excluding hydrogens is 284 g/mol. The van der Waals surface area contributed by atoms with E-state index in [1.165, 1.54) is 0 Å². The van der Waals surface area contributed by atoms with Crippen LogP contribution in [0.1, 0.15) is 0 Å². The van der Waals surface area contributed by atoms with E-state index in [9.17, 15) is 4.79 Å². The summed E-state index contributed by atoms with van der Waals surface area (Å²) < 4.78 is 4.87. The van der Waals surface area contributed by atoms with Crippen molar-refractivity contribution in [2.75, 3.05) is 39.1 Å². The molecule has 0 atom stereocenters. The first kappa shape index (κ1) is 16.3. The van der Waals surface area contributed by atoms with Crippen LogP contribution in [0.4, 0.5) is 0 Å². The number of hydrogen-bond donors (Lipinski definition) is 2. The number of nitrogens with one attached hydrogen (secondary N) is 2. The number of methoxy groups -OCH3 is 1. The molecule has 4 nitrogen and oxygen atoms in total. The molecule has 0 unspecified atom stereocenters. The monoisotopic (exact) mass is 302 g/mol. The van der Waals surface area contributed by atoms with Gasteiger partial charge in [-0.15, -0.1) is 11.8 Å². The summed E-state index contributed by atoms with van der Waals surface area (Å²) in [7, 11) is 1.63. The number of amides is 1. The lowest BCUT2D eigenvalue weighted by molar-refractivity contribution is -0.120. The molecule has 0 aromatic heterocycles. The largest absolute Gasteiger partial charge is 0.383 e. The van der Waals surface area contributed by atoms with E-state index in [-0.39, 0.29) is 5.91 Å². The van der Waals surface area contributed by atoms with Crippen LogP contribution in [-0.4, -0.2) is 45.0 Å². The topological polar surface area (TPSA) is 50.4 Å². The first-order chi connectivity index (χ1) is 9.22. The third-order valence-corrected chi connectivity index (χ3v) is 3.54. The fraction of sp³-hybridized carbons (Fsp3) is 0.462. The van der Waals surface area contributed by atoms with E-state index >= 15 is 0 Å². The van der Waals surface area contributed by atoms with E-state index < -0.39 is 0 Å². The first-order valence-corrected chi connectivity index (χ1v) is 7.43. The number of carbonyl (C=O) groups excluding carboxylic acids is 1. The molecule has 0 bridgehead atoms. The fourth-order valence-corrected chi connectivity index (χ4v) is 2.22. The van der Waals surface area contributed by atoms with E-state index in [1.54, 1.807) is 18.9 Å². The average Bonchev–Trinajstić information content (AvgIpc) is 2.42. The van der Waals surface area contributed by atoms with Gasteiger partial charge in [0.1, 0.15) is 0 Å². The van der Waals surface area contributed by atoms with Crippen molar-refractivity contribution in [1.29, 1.82) is 0 Å². The van der Waals surface area contributed by atoms with Gasteiger partial charge in [-0.25, -0.2) is 0 Å². The normalized spacial score (nSPS) is 10.4. The second kappa shape index (κ2) is 10.1. The van der Waals surface area contributed by atoms with Gasteiger partial charge in [-0.3, -0.25) is 4.79 Å². The number of hydrogen-bond acceptors (Lipinski definition) is 4. The van der Waals surface area contributed by atoms with E-state index in [2.05, 4.69) is 10.6 Å².